The van der Waals surface area contributed by atoms with Crippen molar-refractivity contribution in [3.05, 3.63) is 0 Å². The molecule has 0 spiro atoms. The van der Waals surface area contributed by atoms with Gasteiger partial charge >= 0.3 is 0 Å². The van der Waals surface area contributed by atoms with Crippen LogP contribution in [-0.2, 0) is 0 Å². The third-order valence-corrected chi connectivity index (χ3v) is 5.24. The van der Waals surface area contributed by atoms with E-state index in [0.29, 0.717) is 11.5 Å². The maximum Gasteiger partial charge on any atom is 0.0163 e. The first-order valence-electron chi connectivity index (χ1n) is 6.92. The van der Waals surface area contributed by atoms with Crippen LogP contribution in [0.4, 0.5) is 0 Å². The van der Waals surface area contributed by atoms with Gasteiger partial charge in [0.05, 0.1) is 0 Å². The molecule has 102 valence electrons. The Morgan fingerprint density at radius 1 is 1.41 bits per heavy atom. The summed E-state index contributed by atoms with van der Waals surface area (Å²) in [5.41, 5.74) is 0.523. The van der Waals surface area contributed by atoms with E-state index in [4.69, 9.17) is 0 Å². The van der Waals surface area contributed by atoms with E-state index in [2.05, 4.69) is 56.7 Å². The molecule has 0 aromatic rings. The largest absolute Gasteiger partial charge is 0.313 e. The average molecular weight is 258 g/mol. The molecule has 1 rings (SSSR count). The summed E-state index contributed by atoms with van der Waals surface area (Å²) in [6.45, 7) is 11.7. The van der Waals surface area contributed by atoms with Gasteiger partial charge in [0.1, 0.15) is 0 Å². The highest BCUT2D eigenvalue weighted by atomic mass is 32.2. The van der Waals surface area contributed by atoms with Gasteiger partial charge in [-0.2, -0.15) is 11.8 Å². The summed E-state index contributed by atoms with van der Waals surface area (Å²) >= 11 is 2.11. The van der Waals surface area contributed by atoms with Crippen molar-refractivity contribution in [1.82, 2.24) is 10.2 Å². The molecule has 1 saturated heterocycles. The van der Waals surface area contributed by atoms with E-state index in [0.717, 1.165) is 6.04 Å². The van der Waals surface area contributed by atoms with E-state index in [-0.39, 0.29) is 0 Å². The Hall–Kier alpha value is 0.270. The van der Waals surface area contributed by atoms with Crippen LogP contribution in [0.15, 0.2) is 0 Å². The first-order chi connectivity index (χ1) is 7.91. The minimum atomic E-state index is 0.523. The van der Waals surface area contributed by atoms with Gasteiger partial charge in [-0.25, -0.2) is 0 Å². The number of hydrogen-bond acceptors (Lipinski definition) is 3. The molecule has 17 heavy (non-hydrogen) atoms. The van der Waals surface area contributed by atoms with E-state index in [1.165, 1.54) is 37.4 Å². The van der Waals surface area contributed by atoms with E-state index in [9.17, 15) is 0 Å². The Kier molecular flexibility index (Phi) is 6.32. The topological polar surface area (TPSA) is 15.3 Å². The van der Waals surface area contributed by atoms with Gasteiger partial charge in [-0.15, -0.1) is 0 Å². The zero-order chi connectivity index (χ0) is 12.9. The van der Waals surface area contributed by atoms with Crippen LogP contribution in [0, 0.1) is 5.41 Å². The van der Waals surface area contributed by atoms with Crippen molar-refractivity contribution in [3.63, 3.8) is 0 Å². The molecule has 1 unspecified atom stereocenters. The number of rotatable bonds is 6. The summed E-state index contributed by atoms with van der Waals surface area (Å²) in [5, 5.41) is 3.72. The highest BCUT2D eigenvalue weighted by Crippen LogP contribution is 2.33. The highest BCUT2D eigenvalue weighted by molar-refractivity contribution is 7.99. The molecular formula is C14H30N2S. The first-order valence-corrected chi connectivity index (χ1v) is 8.07. The van der Waals surface area contributed by atoms with Crippen LogP contribution in [0.1, 0.15) is 40.5 Å². The van der Waals surface area contributed by atoms with Gasteiger partial charge in [0.15, 0.2) is 0 Å². The van der Waals surface area contributed by atoms with E-state index < -0.39 is 0 Å². The van der Waals surface area contributed by atoms with Gasteiger partial charge in [-0.05, 0) is 58.0 Å². The molecule has 0 bridgehead atoms. The SMILES string of the molecule is CC(C)N(C)CCCNC1CSCC(C)(C)C1. The Labute approximate surface area is 112 Å². The van der Waals surface area contributed by atoms with E-state index >= 15 is 0 Å². The molecule has 1 heterocycles. The lowest BCUT2D eigenvalue weighted by atomic mass is 9.88. The lowest BCUT2D eigenvalue weighted by molar-refractivity contribution is 0.263. The number of hydrogen-bond donors (Lipinski definition) is 1. The summed E-state index contributed by atoms with van der Waals surface area (Å²) in [6.07, 6.45) is 2.59. The van der Waals surface area contributed by atoms with Crippen molar-refractivity contribution < 1.29 is 0 Å². The molecule has 3 heteroatoms. The molecule has 1 aliphatic rings. The zero-order valence-electron chi connectivity index (χ0n) is 12.3. The molecule has 0 saturated carbocycles. The van der Waals surface area contributed by atoms with Crippen molar-refractivity contribution in [2.24, 2.45) is 5.41 Å². The summed E-state index contributed by atoms with van der Waals surface area (Å²) in [6, 6.07) is 1.40. The average Bonchev–Trinajstić information content (AvgIpc) is 2.22. The third kappa shape index (κ3) is 6.12. The van der Waals surface area contributed by atoms with Crippen LogP contribution in [0.2, 0.25) is 0 Å². The molecule has 0 radical (unpaired) electrons. The quantitative estimate of drug-likeness (QED) is 0.738. The predicted octanol–water partition coefficient (Wildman–Crippen LogP) is 2.84. The van der Waals surface area contributed by atoms with Gasteiger partial charge in [0.25, 0.3) is 0 Å². The Balaban J connectivity index is 2.10. The second kappa shape index (κ2) is 7.01. The lowest BCUT2D eigenvalue weighted by Gasteiger charge is -2.35. The summed E-state index contributed by atoms with van der Waals surface area (Å²) in [7, 11) is 2.21. The van der Waals surface area contributed by atoms with Crippen molar-refractivity contribution in [2.75, 3.05) is 31.6 Å². The first kappa shape index (κ1) is 15.3. The Morgan fingerprint density at radius 3 is 2.71 bits per heavy atom. The number of thioether (sulfide) groups is 1. The molecular weight excluding hydrogens is 228 g/mol. The fourth-order valence-electron chi connectivity index (χ4n) is 2.29. The van der Waals surface area contributed by atoms with Crippen LogP contribution in [0.25, 0.3) is 0 Å². The van der Waals surface area contributed by atoms with E-state index in [1.807, 2.05) is 0 Å². The van der Waals surface area contributed by atoms with Gasteiger partial charge in [-0.3, -0.25) is 0 Å². The van der Waals surface area contributed by atoms with Gasteiger partial charge in [0.2, 0.25) is 0 Å². The van der Waals surface area contributed by atoms with Crippen molar-refractivity contribution >= 4 is 11.8 Å². The molecule has 0 aliphatic carbocycles. The maximum absolute atomic E-state index is 3.72. The fourth-order valence-corrected chi connectivity index (χ4v) is 3.59. The Bertz CT molecular complexity index is 216. The Morgan fingerprint density at radius 2 is 2.12 bits per heavy atom. The van der Waals surface area contributed by atoms with Crippen LogP contribution in [0.5, 0.6) is 0 Å². The molecule has 1 N–H and O–H groups in total. The molecule has 2 nitrogen and oxygen atoms in total. The van der Waals surface area contributed by atoms with Crippen molar-refractivity contribution in [3.8, 4) is 0 Å². The molecule has 0 aromatic heterocycles. The van der Waals surface area contributed by atoms with Crippen LogP contribution < -0.4 is 5.32 Å². The highest BCUT2D eigenvalue weighted by Gasteiger charge is 2.27. The number of nitrogens with zero attached hydrogens (tertiary/aromatic N) is 1. The smallest absolute Gasteiger partial charge is 0.0163 e. The van der Waals surface area contributed by atoms with Crippen LogP contribution in [0.3, 0.4) is 0 Å². The van der Waals surface area contributed by atoms with Crippen LogP contribution >= 0.6 is 11.8 Å². The maximum atomic E-state index is 3.72. The monoisotopic (exact) mass is 258 g/mol. The van der Waals surface area contributed by atoms with Gasteiger partial charge < -0.3 is 10.2 Å². The zero-order valence-corrected chi connectivity index (χ0v) is 13.1. The summed E-state index contributed by atoms with van der Waals surface area (Å²) in [4.78, 5) is 2.42. The predicted molar refractivity (Wildman–Crippen MR) is 79.9 cm³/mol. The van der Waals surface area contributed by atoms with Gasteiger partial charge in [-0.1, -0.05) is 13.8 Å². The second-order valence-electron chi connectivity index (χ2n) is 6.46. The standard InChI is InChI=1S/C14H30N2S/c1-12(2)16(5)8-6-7-15-13-9-14(3,4)11-17-10-13/h12-13,15H,6-11H2,1-5H3. The van der Waals surface area contributed by atoms with Crippen molar-refractivity contribution in [2.45, 2.75) is 52.6 Å². The van der Waals surface area contributed by atoms with Crippen molar-refractivity contribution in [1.29, 1.82) is 0 Å². The fraction of sp³-hybridized carbons (Fsp3) is 1.00. The second-order valence-corrected chi connectivity index (χ2v) is 7.49. The summed E-state index contributed by atoms with van der Waals surface area (Å²) < 4.78 is 0. The minimum absolute atomic E-state index is 0.523. The number of nitrogens with one attached hydrogen (secondary N) is 1. The lowest BCUT2D eigenvalue weighted by Crippen LogP contribution is -2.41. The minimum Gasteiger partial charge on any atom is -0.313 e. The normalized spacial score (nSPS) is 24.5. The third-order valence-electron chi connectivity index (χ3n) is 3.61. The molecule has 1 fully saturated rings. The molecule has 0 amide bonds. The summed E-state index contributed by atoms with van der Waals surface area (Å²) in [5.74, 6) is 2.62. The molecule has 1 atom stereocenters. The molecule has 1 aliphatic heterocycles. The van der Waals surface area contributed by atoms with Gasteiger partial charge in [0, 0.05) is 17.8 Å². The molecule has 0 aromatic carbocycles. The van der Waals surface area contributed by atoms with Crippen LogP contribution in [-0.4, -0.2) is 48.6 Å². The van der Waals surface area contributed by atoms with E-state index in [1.54, 1.807) is 0 Å².